The molecule has 0 N–H and O–H groups in total. The Balaban J connectivity index is 2.34. The highest BCUT2D eigenvalue weighted by Crippen LogP contribution is 2.21. The highest BCUT2D eigenvalue weighted by Gasteiger charge is 2.00. The van der Waals surface area contributed by atoms with Gasteiger partial charge in [0.15, 0.2) is 0 Å². The van der Waals surface area contributed by atoms with E-state index in [9.17, 15) is 4.39 Å². The molecule has 0 aliphatic heterocycles. The van der Waals surface area contributed by atoms with Crippen LogP contribution in [-0.4, -0.2) is 7.11 Å². The van der Waals surface area contributed by atoms with Gasteiger partial charge in [-0.1, -0.05) is 23.4 Å². The van der Waals surface area contributed by atoms with Gasteiger partial charge in [-0.2, -0.15) is 0 Å². The molecule has 1 nitrogen and oxygen atoms in total. The summed E-state index contributed by atoms with van der Waals surface area (Å²) in [6.45, 7) is 0. The third-order valence-corrected chi connectivity index (χ3v) is 2.58. The van der Waals surface area contributed by atoms with E-state index in [1.165, 1.54) is 12.1 Å². The van der Waals surface area contributed by atoms with Gasteiger partial charge >= 0.3 is 0 Å². The van der Waals surface area contributed by atoms with Gasteiger partial charge in [0.2, 0.25) is 0 Å². The van der Waals surface area contributed by atoms with Crippen LogP contribution in [0, 0.1) is 17.7 Å². The summed E-state index contributed by atoms with van der Waals surface area (Å²) in [7, 11) is 1.58. The standard InChI is InChI=1S/C15H10ClFO/c1-18-15-9-6-13(16)10-12(15)5-2-11-3-7-14(17)8-4-11/h3-4,6-10H,1H3. The Bertz CT molecular complexity index is 609. The first-order chi connectivity index (χ1) is 8.69. The average Bonchev–Trinajstić information content (AvgIpc) is 2.38. The number of hydrogen-bond acceptors (Lipinski definition) is 1. The molecule has 0 bridgehead atoms. The second-order valence-electron chi connectivity index (χ2n) is 3.60. The first-order valence-electron chi connectivity index (χ1n) is 5.30. The third-order valence-electron chi connectivity index (χ3n) is 2.35. The molecule has 0 spiro atoms. The Hall–Kier alpha value is -1.98. The Morgan fingerprint density at radius 1 is 1.06 bits per heavy atom. The van der Waals surface area contributed by atoms with E-state index in [1.54, 1.807) is 37.4 Å². The van der Waals surface area contributed by atoms with Crippen molar-refractivity contribution in [3.63, 3.8) is 0 Å². The fraction of sp³-hybridized carbons (Fsp3) is 0.0667. The predicted octanol–water partition coefficient (Wildman–Crippen LogP) is 3.89. The number of hydrogen-bond donors (Lipinski definition) is 0. The quantitative estimate of drug-likeness (QED) is 0.707. The van der Waals surface area contributed by atoms with Crippen LogP contribution in [0.5, 0.6) is 5.75 Å². The minimum atomic E-state index is -0.277. The normalized spacial score (nSPS) is 9.50. The molecule has 0 unspecified atom stereocenters. The van der Waals surface area contributed by atoms with Crippen LogP contribution in [0.25, 0.3) is 0 Å². The van der Waals surface area contributed by atoms with E-state index in [1.807, 2.05) is 0 Å². The minimum Gasteiger partial charge on any atom is -0.495 e. The van der Waals surface area contributed by atoms with Crippen LogP contribution in [0.4, 0.5) is 4.39 Å². The van der Waals surface area contributed by atoms with Crippen molar-refractivity contribution in [2.24, 2.45) is 0 Å². The molecule has 0 saturated heterocycles. The molecule has 0 saturated carbocycles. The third kappa shape index (κ3) is 3.03. The maximum Gasteiger partial charge on any atom is 0.134 e. The summed E-state index contributed by atoms with van der Waals surface area (Å²) >= 11 is 5.90. The molecule has 0 aliphatic rings. The fourth-order valence-corrected chi connectivity index (χ4v) is 1.62. The van der Waals surface area contributed by atoms with Crippen molar-refractivity contribution in [2.75, 3.05) is 7.11 Å². The van der Waals surface area contributed by atoms with E-state index in [-0.39, 0.29) is 5.82 Å². The molecule has 0 aliphatic carbocycles. The molecule has 0 amide bonds. The molecular formula is C15H10ClFO. The predicted molar refractivity (Wildman–Crippen MR) is 70.4 cm³/mol. The van der Waals surface area contributed by atoms with Gasteiger partial charge in [0.1, 0.15) is 11.6 Å². The lowest BCUT2D eigenvalue weighted by molar-refractivity contribution is 0.413. The van der Waals surface area contributed by atoms with Crippen LogP contribution in [0.2, 0.25) is 5.02 Å². The molecule has 2 aromatic carbocycles. The Kier molecular flexibility index (Phi) is 3.86. The molecule has 0 aromatic heterocycles. The van der Waals surface area contributed by atoms with Crippen LogP contribution in [-0.2, 0) is 0 Å². The smallest absolute Gasteiger partial charge is 0.134 e. The SMILES string of the molecule is COc1ccc(Cl)cc1C#Cc1ccc(F)cc1. The molecule has 0 heterocycles. The van der Waals surface area contributed by atoms with Gasteiger partial charge in [0, 0.05) is 10.6 Å². The van der Waals surface area contributed by atoms with Gasteiger partial charge in [0.05, 0.1) is 12.7 Å². The van der Waals surface area contributed by atoms with Gasteiger partial charge in [-0.15, -0.1) is 0 Å². The van der Waals surface area contributed by atoms with E-state index < -0.39 is 0 Å². The minimum absolute atomic E-state index is 0.277. The maximum absolute atomic E-state index is 12.7. The van der Waals surface area contributed by atoms with Gasteiger partial charge < -0.3 is 4.74 Å². The summed E-state index contributed by atoms with van der Waals surface area (Å²) in [4.78, 5) is 0. The second-order valence-corrected chi connectivity index (χ2v) is 4.04. The van der Waals surface area contributed by atoms with Crippen molar-refractivity contribution in [1.29, 1.82) is 0 Å². The zero-order valence-corrected chi connectivity index (χ0v) is 10.5. The molecular weight excluding hydrogens is 251 g/mol. The molecule has 0 radical (unpaired) electrons. The average molecular weight is 261 g/mol. The van der Waals surface area contributed by atoms with E-state index in [0.29, 0.717) is 16.3 Å². The van der Waals surface area contributed by atoms with Crippen LogP contribution in [0.15, 0.2) is 42.5 Å². The van der Waals surface area contributed by atoms with Crippen molar-refractivity contribution in [2.45, 2.75) is 0 Å². The monoisotopic (exact) mass is 260 g/mol. The number of benzene rings is 2. The van der Waals surface area contributed by atoms with Crippen LogP contribution in [0.3, 0.4) is 0 Å². The summed E-state index contributed by atoms with van der Waals surface area (Å²) in [5, 5.41) is 0.596. The van der Waals surface area contributed by atoms with E-state index in [4.69, 9.17) is 16.3 Å². The highest BCUT2D eigenvalue weighted by atomic mass is 35.5. The van der Waals surface area contributed by atoms with Crippen molar-refractivity contribution in [1.82, 2.24) is 0 Å². The Labute approximate surface area is 110 Å². The van der Waals surface area contributed by atoms with E-state index in [2.05, 4.69) is 11.8 Å². The van der Waals surface area contributed by atoms with E-state index in [0.717, 1.165) is 5.56 Å². The van der Waals surface area contributed by atoms with E-state index >= 15 is 0 Å². The van der Waals surface area contributed by atoms with Crippen molar-refractivity contribution < 1.29 is 9.13 Å². The molecule has 18 heavy (non-hydrogen) atoms. The molecule has 3 heteroatoms. The number of halogens is 2. The van der Waals surface area contributed by atoms with Gasteiger partial charge in [-0.3, -0.25) is 0 Å². The zero-order chi connectivity index (χ0) is 13.0. The molecule has 2 rings (SSSR count). The molecule has 0 fully saturated rings. The number of ether oxygens (including phenoxy) is 1. The molecule has 2 aromatic rings. The van der Waals surface area contributed by atoms with Crippen LogP contribution in [0.1, 0.15) is 11.1 Å². The summed E-state index contributed by atoms with van der Waals surface area (Å²) in [6.07, 6.45) is 0. The fourth-order valence-electron chi connectivity index (χ4n) is 1.45. The number of methoxy groups -OCH3 is 1. The summed E-state index contributed by atoms with van der Waals surface area (Å²) in [5.74, 6) is 6.28. The first kappa shape index (κ1) is 12.5. The lowest BCUT2D eigenvalue weighted by Gasteiger charge is -2.02. The Morgan fingerprint density at radius 3 is 2.44 bits per heavy atom. The topological polar surface area (TPSA) is 9.23 Å². The van der Waals surface area contributed by atoms with Crippen LogP contribution < -0.4 is 4.74 Å². The van der Waals surface area contributed by atoms with Gasteiger partial charge in [-0.05, 0) is 42.5 Å². The first-order valence-corrected chi connectivity index (χ1v) is 5.68. The summed E-state index contributed by atoms with van der Waals surface area (Å²) in [5.41, 5.74) is 1.44. The molecule has 0 atom stereocenters. The van der Waals surface area contributed by atoms with Crippen LogP contribution >= 0.6 is 11.6 Å². The van der Waals surface area contributed by atoms with Gasteiger partial charge in [0.25, 0.3) is 0 Å². The lowest BCUT2D eigenvalue weighted by atomic mass is 10.1. The van der Waals surface area contributed by atoms with Gasteiger partial charge in [-0.25, -0.2) is 4.39 Å². The van der Waals surface area contributed by atoms with Crippen molar-refractivity contribution in [3.8, 4) is 17.6 Å². The largest absolute Gasteiger partial charge is 0.495 e. The maximum atomic E-state index is 12.7. The Morgan fingerprint density at radius 2 is 1.78 bits per heavy atom. The number of rotatable bonds is 1. The summed E-state index contributed by atoms with van der Waals surface area (Å²) in [6, 6.07) is 11.2. The highest BCUT2D eigenvalue weighted by molar-refractivity contribution is 6.30. The zero-order valence-electron chi connectivity index (χ0n) is 9.71. The van der Waals surface area contributed by atoms with Crippen molar-refractivity contribution >= 4 is 11.6 Å². The van der Waals surface area contributed by atoms with Crippen molar-refractivity contribution in [3.05, 3.63) is 64.4 Å². The lowest BCUT2D eigenvalue weighted by Crippen LogP contribution is -1.87. The second kappa shape index (κ2) is 5.57. The molecule has 90 valence electrons. The summed E-state index contributed by atoms with van der Waals surface area (Å²) < 4.78 is 17.9.